The van der Waals surface area contributed by atoms with Gasteiger partial charge in [-0.15, -0.1) is 29.9 Å². The van der Waals surface area contributed by atoms with E-state index in [-0.39, 0.29) is 30.8 Å². The lowest BCUT2D eigenvalue weighted by molar-refractivity contribution is 1.21. The van der Waals surface area contributed by atoms with Gasteiger partial charge in [0.1, 0.15) is 0 Å². The molecule has 6 N–H and O–H groups in total. The van der Waals surface area contributed by atoms with E-state index in [1.165, 1.54) is 6.21 Å². The summed E-state index contributed by atoms with van der Waals surface area (Å²) in [6.07, 6.45) is 1.52. The summed E-state index contributed by atoms with van der Waals surface area (Å²) >= 11 is 0. The molecule has 84 valence electrons. The van der Waals surface area contributed by atoms with Crippen molar-refractivity contribution in [1.82, 2.24) is 0 Å². The molecule has 0 saturated heterocycles. The van der Waals surface area contributed by atoms with Crippen LogP contribution in [0.1, 0.15) is 5.56 Å². The van der Waals surface area contributed by atoms with Crippen molar-refractivity contribution in [3.8, 4) is 0 Å². The first-order valence-electron chi connectivity index (χ1n) is 3.66. The summed E-state index contributed by atoms with van der Waals surface area (Å²) in [5.41, 5.74) is 17.2. The van der Waals surface area contributed by atoms with Crippen LogP contribution in [0.5, 0.6) is 0 Å². The molecule has 1 aromatic carbocycles. The van der Waals surface area contributed by atoms with Gasteiger partial charge in [0.25, 0.3) is 0 Å². The van der Waals surface area contributed by atoms with E-state index in [4.69, 9.17) is 17.2 Å². The Morgan fingerprint density at radius 1 is 1.20 bits per heavy atom. The molecule has 5 nitrogen and oxygen atoms in total. The van der Waals surface area contributed by atoms with Gasteiger partial charge in [0.05, 0.1) is 6.21 Å². The van der Waals surface area contributed by atoms with E-state index in [9.17, 15) is 0 Å². The zero-order valence-corrected chi connectivity index (χ0v) is 9.46. The van der Waals surface area contributed by atoms with Gasteiger partial charge >= 0.3 is 0 Å². The molecular weight excluding hydrogens is 237 g/mol. The molecule has 1 rings (SSSR count). The molecule has 0 unspecified atom stereocenters. The van der Waals surface area contributed by atoms with Gasteiger partial charge in [-0.1, -0.05) is 12.1 Å². The Hall–Kier alpha value is -1.46. The van der Waals surface area contributed by atoms with Gasteiger partial charge in [-0.25, -0.2) is 0 Å². The number of nitrogens with two attached hydrogens (primary N) is 3. The lowest BCUT2D eigenvalue weighted by atomic mass is 10.2. The van der Waals surface area contributed by atoms with Crippen LogP contribution < -0.4 is 17.2 Å². The number of guanidine groups is 1. The third kappa shape index (κ3) is 6.59. The van der Waals surface area contributed by atoms with E-state index in [1.54, 1.807) is 12.1 Å². The highest BCUT2D eigenvalue weighted by atomic mass is 35.5. The predicted molar refractivity (Wildman–Crippen MR) is 68.8 cm³/mol. The molecule has 0 aliphatic rings. The summed E-state index contributed by atoms with van der Waals surface area (Å²) in [6, 6.07) is 7.23. The minimum Gasteiger partial charge on any atom is -0.399 e. The van der Waals surface area contributed by atoms with Crippen molar-refractivity contribution in [2.75, 3.05) is 5.73 Å². The Bertz CT molecular complexity index is 347. The first-order chi connectivity index (χ1) is 6.18. The molecule has 0 atom stereocenters. The van der Waals surface area contributed by atoms with E-state index < -0.39 is 0 Å². The van der Waals surface area contributed by atoms with Gasteiger partial charge in [0.2, 0.25) is 5.96 Å². The molecule has 1 aromatic rings. The molecule has 0 aliphatic carbocycles. The summed E-state index contributed by atoms with van der Waals surface area (Å²) in [6.45, 7) is 0. The number of nitrogens with zero attached hydrogens (tertiary/aromatic N) is 2. The van der Waals surface area contributed by atoms with Crippen LogP contribution >= 0.6 is 24.8 Å². The molecular formula is C8H13Cl2N5. The number of hydrogen-bond donors (Lipinski definition) is 3. The van der Waals surface area contributed by atoms with Gasteiger partial charge in [-0.3, -0.25) is 0 Å². The molecule has 0 saturated carbocycles. The number of halogens is 2. The third-order valence-electron chi connectivity index (χ3n) is 1.29. The van der Waals surface area contributed by atoms with Crippen LogP contribution in [0.25, 0.3) is 0 Å². The smallest absolute Gasteiger partial charge is 0.211 e. The van der Waals surface area contributed by atoms with Crippen LogP contribution in [0.4, 0.5) is 5.69 Å². The number of hydrogen-bond acceptors (Lipinski definition) is 3. The van der Waals surface area contributed by atoms with E-state index >= 15 is 0 Å². The molecule has 0 aliphatic heterocycles. The maximum Gasteiger partial charge on any atom is 0.211 e. The largest absolute Gasteiger partial charge is 0.399 e. The third-order valence-corrected chi connectivity index (χ3v) is 1.29. The highest BCUT2D eigenvalue weighted by molar-refractivity contribution is 5.85. The normalized spacial score (nSPS) is 8.80. The molecule has 0 aromatic heterocycles. The fraction of sp³-hybridized carbons (Fsp3) is 0. The molecule has 0 heterocycles. The monoisotopic (exact) mass is 249 g/mol. The van der Waals surface area contributed by atoms with E-state index in [0.29, 0.717) is 5.69 Å². The van der Waals surface area contributed by atoms with Crippen molar-refractivity contribution in [3.05, 3.63) is 29.8 Å². The SMILES string of the molecule is Cl.Cl.NC(N)=NN=Cc1cccc(N)c1. The standard InChI is InChI=1S/C8H11N5.2ClH/c9-7-3-1-2-6(4-7)5-12-13-8(10)11;;/h1-5H,9H2,(H4,10,11,13);2*1H. The number of rotatable bonds is 2. The predicted octanol–water partition coefficient (Wildman–Crippen LogP) is 0.720. The molecule has 0 radical (unpaired) electrons. The van der Waals surface area contributed by atoms with Gasteiger partial charge < -0.3 is 17.2 Å². The highest BCUT2D eigenvalue weighted by Gasteiger charge is 1.87. The van der Waals surface area contributed by atoms with Crippen molar-refractivity contribution in [1.29, 1.82) is 0 Å². The quantitative estimate of drug-likeness (QED) is 0.312. The van der Waals surface area contributed by atoms with E-state index in [1.807, 2.05) is 12.1 Å². The highest BCUT2D eigenvalue weighted by Crippen LogP contribution is 2.03. The topological polar surface area (TPSA) is 103 Å². The second-order valence-corrected chi connectivity index (χ2v) is 2.44. The van der Waals surface area contributed by atoms with Crippen molar-refractivity contribution < 1.29 is 0 Å². The van der Waals surface area contributed by atoms with Gasteiger partial charge in [-0.2, -0.15) is 5.10 Å². The fourth-order valence-corrected chi connectivity index (χ4v) is 0.802. The van der Waals surface area contributed by atoms with Crippen LogP contribution in [0, 0.1) is 0 Å². The van der Waals surface area contributed by atoms with Crippen LogP contribution in [0.2, 0.25) is 0 Å². The zero-order valence-electron chi connectivity index (χ0n) is 7.83. The number of benzene rings is 1. The summed E-state index contributed by atoms with van der Waals surface area (Å²) < 4.78 is 0. The summed E-state index contributed by atoms with van der Waals surface area (Å²) in [7, 11) is 0. The molecule has 0 amide bonds. The molecule has 0 fully saturated rings. The lowest BCUT2D eigenvalue weighted by Crippen LogP contribution is -2.21. The van der Waals surface area contributed by atoms with Gasteiger partial charge in [0.15, 0.2) is 0 Å². The number of anilines is 1. The number of nitrogen functional groups attached to an aromatic ring is 1. The van der Waals surface area contributed by atoms with Gasteiger partial charge in [0, 0.05) is 5.69 Å². The molecule has 7 heteroatoms. The molecule has 0 spiro atoms. The van der Waals surface area contributed by atoms with Crippen LogP contribution in [0.15, 0.2) is 34.5 Å². The Balaban J connectivity index is 0. The van der Waals surface area contributed by atoms with E-state index in [0.717, 1.165) is 5.56 Å². The van der Waals surface area contributed by atoms with Crippen molar-refractivity contribution in [2.24, 2.45) is 21.7 Å². The summed E-state index contributed by atoms with van der Waals surface area (Å²) in [4.78, 5) is 0. The Kier molecular flexibility index (Phi) is 8.42. The summed E-state index contributed by atoms with van der Waals surface area (Å²) in [5.74, 6) is -0.0693. The van der Waals surface area contributed by atoms with E-state index in [2.05, 4.69) is 10.2 Å². The van der Waals surface area contributed by atoms with Crippen molar-refractivity contribution in [3.63, 3.8) is 0 Å². The minimum absolute atomic E-state index is 0. The fourth-order valence-electron chi connectivity index (χ4n) is 0.802. The van der Waals surface area contributed by atoms with Crippen LogP contribution in [-0.4, -0.2) is 12.2 Å². The molecule has 0 bridgehead atoms. The van der Waals surface area contributed by atoms with Crippen LogP contribution in [0.3, 0.4) is 0 Å². The Labute approximate surface area is 100 Å². The average Bonchev–Trinajstić information content (AvgIpc) is 2.03. The molecule has 15 heavy (non-hydrogen) atoms. The van der Waals surface area contributed by atoms with Crippen LogP contribution in [-0.2, 0) is 0 Å². The average molecular weight is 250 g/mol. The maximum absolute atomic E-state index is 5.54. The Morgan fingerprint density at radius 2 is 1.87 bits per heavy atom. The van der Waals surface area contributed by atoms with Crippen molar-refractivity contribution in [2.45, 2.75) is 0 Å². The first kappa shape index (κ1) is 16.0. The van der Waals surface area contributed by atoms with Crippen molar-refractivity contribution >= 4 is 42.7 Å². The Morgan fingerprint density at radius 3 is 2.40 bits per heavy atom. The maximum atomic E-state index is 5.54. The first-order valence-corrected chi connectivity index (χ1v) is 3.66. The zero-order chi connectivity index (χ0) is 9.68. The summed E-state index contributed by atoms with van der Waals surface area (Å²) in [5, 5.41) is 7.09. The minimum atomic E-state index is -0.0693. The second kappa shape index (κ2) is 7.90. The van der Waals surface area contributed by atoms with Gasteiger partial charge in [-0.05, 0) is 17.7 Å². The second-order valence-electron chi connectivity index (χ2n) is 2.44. The lowest BCUT2D eigenvalue weighted by Gasteiger charge is -1.93.